The molecule has 0 aliphatic carbocycles. The zero-order valence-corrected chi connectivity index (χ0v) is 20.0. The van der Waals surface area contributed by atoms with Crippen LogP contribution in [0.15, 0.2) is 42.5 Å². The number of amides is 2. The van der Waals surface area contributed by atoms with Crippen LogP contribution in [0.1, 0.15) is 32.3 Å². The van der Waals surface area contributed by atoms with E-state index in [9.17, 15) is 31.2 Å². The highest BCUT2D eigenvalue weighted by Gasteiger charge is 2.30. The van der Waals surface area contributed by atoms with E-state index in [1.807, 2.05) is 6.92 Å². The van der Waals surface area contributed by atoms with Gasteiger partial charge in [0.25, 0.3) is 0 Å². The zero-order valence-electron chi connectivity index (χ0n) is 19.2. The first-order valence-electron chi connectivity index (χ1n) is 10.7. The second-order valence-electron chi connectivity index (χ2n) is 7.84. The van der Waals surface area contributed by atoms with E-state index < -0.39 is 51.9 Å². The Balaban J connectivity index is 2.35. The van der Waals surface area contributed by atoms with E-state index in [4.69, 9.17) is 0 Å². The van der Waals surface area contributed by atoms with Crippen LogP contribution in [0.2, 0.25) is 0 Å². The van der Waals surface area contributed by atoms with Crippen molar-refractivity contribution in [3.05, 3.63) is 65.5 Å². The monoisotopic (exact) mass is 499 g/mol. The number of carbonyl (C=O) groups excluding carboxylic acids is 2. The fourth-order valence-corrected chi connectivity index (χ4v) is 4.00. The SMILES string of the molecule is CCCCNC(=O)C(C)N(Cc1ccc(F)cc1)C(=O)CN(c1ccc(F)c(F)c1)S(C)(=O)=O. The average molecular weight is 500 g/mol. The average Bonchev–Trinajstić information content (AvgIpc) is 2.77. The van der Waals surface area contributed by atoms with Crippen molar-refractivity contribution in [2.24, 2.45) is 0 Å². The van der Waals surface area contributed by atoms with Crippen molar-refractivity contribution in [2.75, 3.05) is 23.7 Å². The Morgan fingerprint density at radius 2 is 1.68 bits per heavy atom. The fourth-order valence-electron chi connectivity index (χ4n) is 3.16. The van der Waals surface area contributed by atoms with Crippen molar-refractivity contribution in [3.8, 4) is 0 Å². The maximum atomic E-state index is 13.8. The molecule has 1 N–H and O–H groups in total. The van der Waals surface area contributed by atoms with Gasteiger partial charge in [0, 0.05) is 19.2 Å². The van der Waals surface area contributed by atoms with Gasteiger partial charge in [-0.25, -0.2) is 21.6 Å². The normalized spacial score (nSPS) is 12.2. The second-order valence-corrected chi connectivity index (χ2v) is 9.74. The first-order valence-corrected chi connectivity index (χ1v) is 12.5. The van der Waals surface area contributed by atoms with E-state index in [1.54, 1.807) is 0 Å². The lowest BCUT2D eigenvalue weighted by Gasteiger charge is -2.31. The lowest BCUT2D eigenvalue weighted by Crippen LogP contribution is -2.51. The Labute approximate surface area is 197 Å². The van der Waals surface area contributed by atoms with Gasteiger partial charge in [-0.15, -0.1) is 0 Å². The first-order chi connectivity index (χ1) is 15.9. The van der Waals surface area contributed by atoms with Crippen LogP contribution in [0.4, 0.5) is 18.9 Å². The molecule has 1 unspecified atom stereocenters. The van der Waals surface area contributed by atoms with Gasteiger partial charge in [0.15, 0.2) is 11.6 Å². The number of sulfonamides is 1. The lowest BCUT2D eigenvalue weighted by atomic mass is 10.1. The predicted octanol–water partition coefficient (Wildman–Crippen LogP) is 3.20. The van der Waals surface area contributed by atoms with Crippen LogP contribution in [0.5, 0.6) is 0 Å². The van der Waals surface area contributed by atoms with Crippen LogP contribution in [0, 0.1) is 17.5 Å². The van der Waals surface area contributed by atoms with E-state index in [-0.39, 0.29) is 12.2 Å². The van der Waals surface area contributed by atoms with E-state index in [0.29, 0.717) is 22.5 Å². The van der Waals surface area contributed by atoms with Gasteiger partial charge in [-0.2, -0.15) is 0 Å². The fraction of sp³-hybridized carbons (Fsp3) is 0.391. The van der Waals surface area contributed by atoms with Crippen LogP contribution in [0.3, 0.4) is 0 Å². The van der Waals surface area contributed by atoms with Crippen LogP contribution in [-0.4, -0.2) is 50.5 Å². The Hall–Kier alpha value is -3.08. The third kappa shape index (κ3) is 7.47. The third-order valence-corrected chi connectivity index (χ3v) is 6.27. The number of unbranched alkanes of at least 4 members (excludes halogenated alkanes) is 1. The van der Waals surface area contributed by atoms with Crippen LogP contribution >= 0.6 is 0 Å². The van der Waals surface area contributed by atoms with Crippen LogP contribution in [-0.2, 0) is 26.2 Å². The van der Waals surface area contributed by atoms with Gasteiger partial charge in [0.05, 0.1) is 11.9 Å². The molecule has 2 aromatic carbocycles. The summed E-state index contributed by atoms with van der Waals surface area (Å²) < 4.78 is 65.8. The van der Waals surface area contributed by atoms with Crippen LogP contribution in [0.25, 0.3) is 0 Å². The minimum absolute atomic E-state index is 0.100. The lowest BCUT2D eigenvalue weighted by molar-refractivity contribution is -0.139. The summed E-state index contributed by atoms with van der Waals surface area (Å²) in [5, 5.41) is 2.73. The van der Waals surface area contributed by atoms with Crippen LogP contribution < -0.4 is 9.62 Å². The molecular formula is C23H28F3N3O4S. The summed E-state index contributed by atoms with van der Waals surface area (Å²) in [7, 11) is -4.07. The third-order valence-electron chi connectivity index (χ3n) is 5.13. The van der Waals surface area contributed by atoms with E-state index in [0.717, 1.165) is 36.1 Å². The molecule has 7 nitrogen and oxygen atoms in total. The quantitative estimate of drug-likeness (QED) is 0.481. The smallest absolute Gasteiger partial charge is 0.244 e. The summed E-state index contributed by atoms with van der Waals surface area (Å²) in [5.74, 6) is -4.11. The molecule has 0 saturated heterocycles. The molecule has 11 heteroatoms. The van der Waals surface area contributed by atoms with Crippen molar-refractivity contribution in [1.82, 2.24) is 10.2 Å². The number of benzene rings is 2. The molecule has 0 aromatic heterocycles. The van der Waals surface area contributed by atoms with Crippen molar-refractivity contribution < 1.29 is 31.2 Å². The number of rotatable bonds is 11. The highest BCUT2D eigenvalue weighted by Crippen LogP contribution is 2.21. The number of anilines is 1. The minimum atomic E-state index is -4.07. The largest absolute Gasteiger partial charge is 0.354 e. The van der Waals surface area contributed by atoms with E-state index in [1.165, 1.54) is 31.2 Å². The molecular weight excluding hydrogens is 471 g/mol. The number of halogens is 3. The van der Waals surface area contributed by atoms with Crippen molar-refractivity contribution >= 4 is 27.5 Å². The zero-order chi connectivity index (χ0) is 25.5. The first kappa shape index (κ1) is 27.2. The standard InChI is InChI=1S/C23H28F3N3O4S/c1-4-5-12-27-23(31)16(2)28(14-17-6-8-18(24)9-7-17)22(30)15-29(34(3,32)33)19-10-11-20(25)21(26)13-19/h6-11,13,16H,4-5,12,14-15H2,1-3H3,(H,27,31). The van der Waals surface area contributed by atoms with Gasteiger partial charge in [0.2, 0.25) is 21.8 Å². The molecule has 0 saturated carbocycles. The molecule has 0 radical (unpaired) electrons. The van der Waals surface area contributed by atoms with Gasteiger partial charge in [0.1, 0.15) is 18.4 Å². The maximum absolute atomic E-state index is 13.8. The van der Waals surface area contributed by atoms with Gasteiger partial charge in [-0.05, 0) is 43.2 Å². The number of carbonyl (C=O) groups is 2. The molecule has 186 valence electrons. The summed E-state index contributed by atoms with van der Waals surface area (Å²) in [6.07, 6.45) is 2.42. The molecule has 0 fully saturated rings. The number of hydrogen-bond acceptors (Lipinski definition) is 4. The molecule has 0 aliphatic rings. The molecule has 0 spiro atoms. The van der Waals surface area contributed by atoms with Gasteiger partial charge in [-0.3, -0.25) is 13.9 Å². The highest BCUT2D eigenvalue weighted by molar-refractivity contribution is 7.92. The predicted molar refractivity (Wildman–Crippen MR) is 123 cm³/mol. The van der Waals surface area contributed by atoms with E-state index in [2.05, 4.69) is 5.32 Å². The minimum Gasteiger partial charge on any atom is -0.354 e. The van der Waals surface area contributed by atoms with Crippen molar-refractivity contribution in [3.63, 3.8) is 0 Å². The highest BCUT2D eigenvalue weighted by atomic mass is 32.2. The topological polar surface area (TPSA) is 86.8 Å². The summed E-state index contributed by atoms with van der Waals surface area (Å²) in [6, 6.07) is 6.78. The summed E-state index contributed by atoms with van der Waals surface area (Å²) in [4.78, 5) is 27.1. The Bertz CT molecular complexity index is 1110. The Morgan fingerprint density at radius 1 is 1.03 bits per heavy atom. The Morgan fingerprint density at radius 3 is 2.24 bits per heavy atom. The molecule has 2 rings (SSSR count). The molecule has 2 amide bonds. The molecule has 1 atom stereocenters. The second kappa shape index (κ2) is 11.9. The molecule has 0 aliphatic heterocycles. The maximum Gasteiger partial charge on any atom is 0.244 e. The molecule has 0 heterocycles. The number of hydrogen-bond donors (Lipinski definition) is 1. The number of nitrogens with zero attached hydrogens (tertiary/aromatic N) is 2. The van der Waals surface area contributed by atoms with Crippen molar-refractivity contribution in [2.45, 2.75) is 39.3 Å². The molecule has 0 bridgehead atoms. The molecule has 34 heavy (non-hydrogen) atoms. The van der Waals surface area contributed by atoms with Gasteiger partial charge >= 0.3 is 0 Å². The Kier molecular flexibility index (Phi) is 9.48. The van der Waals surface area contributed by atoms with Crippen molar-refractivity contribution in [1.29, 1.82) is 0 Å². The summed E-state index contributed by atoms with van der Waals surface area (Å²) in [5.41, 5.74) is 0.276. The summed E-state index contributed by atoms with van der Waals surface area (Å²) in [6.45, 7) is 3.00. The van der Waals surface area contributed by atoms with E-state index >= 15 is 0 Å². The number of nitrogens with one attached hydrogen (secondary N) is 1. The van der Waals surface area contributed by atoms with Gasteiger partial charge < -0.3 is 10.2 Å². The summed E-state index contributed by atoms with van der Waals surface area (Å²) >= 11 is 0. The van der Waals surface area contributed by atoms with Gasteiger partial charge in [-0.1, -0.05) is 25.5 Å². The molecule has 2 aromatic rings.